The van der Waals surface area contributed by atoms with Crippen molar-refractivity contribution in [1.29, 1.82) is 0 Å². The summed E-state index contributed by atoms with van der Waals surface area (Å²) in [6.07, 6.45) is 2.67. The molecule has 4 N–H and O–H groups in total. The standard InChI is InChI=1S/C10H11N5O3/c1-2-5-4-15(10(18)13-5)9-12-3-6(8(16)17)7(11)14-9/h2-3,5H,1,4H2,(H,13,18)(H,16,17)(H2,11,12,14). The highest BCUT2D eigenvalue weighted by molar-refractivity contribution is 5.95. The maximum absolute atomic E-state index is 11.6. The van der Waals surface area contributed by atoms with Gasteiger partial charge in [0.2, 0.25) is 5.95 Å². The van der Waals surface area contributed by atoms with E-state index in [9.17, 15) is 9.59 Å². The highest BCUT2D eigenvalue weighted by Crippen LogP contribution is 2.17. The van der Waals surface area contributed by atoms with E-state index in [1.165, 1.54) is 4.90 Å². The fourth-order valence-electron chi connectivity index (χ4n) is 1.55. The molecule has 1 aliphatic rings. The molecule has 2 heterocycles. The van der Waals surface area contributed by atoms with Gasteiger partial charge in [-0.1, -0.05) is 6.08 Å². The molecule has 1 atom stereocenters. The second-order valence-corrected chi connectivity index (χ2v) is 3.68. The summed E-state index contributed by atoms with van der Waals surface area (Å²) in [5.74, 6) is -1.32. The van der Waals surface area contributed by atoms with Gasteiger partial charge in [-0.05, 0) is 0 Å². The average molecular weight is 249 g/mol. The summed E-state index contributed by atoms with van der Waals surface area (Å²) in [4.78, 5) is 31.3. The Hall–Kier alpha value is -2.64. The minimum absolute atomic E-state index is 0.0688. The molecule has 0 spiro atoms. The molecule has 1 unspecified atom stereocenters. The highest BCUT2D eigenvalue weighted by atomic mass is 16.4. The molecular weight excluding hydrogens is 238 g/mol. The lowest BCUT2D eigenvalue weighted by Crippen LogP contribution is -2.30. The summed E-state index contributed by atoms with van der Waals surface area (Å²) in [7, 11) is 0. The van der Waals surface area contributed by atoms with Crippen LogP contribution in [-0.2, 0) is 0 Å². The number of nitrogens with two attached hydrogens (primary N) is 1. The van der Waals surface area contributed by atoms with Crippen molar-refractivity contribution in [3.8, 4) is 0 Å². The third kappa shape index (κ3) is 1.95. The number of carboxylic acid groups (broad SMARTS) is 1. The van der Waals surface area contributed by atoms with Crippen LogP contribution in [0.25, 0.3) is 0 Å². The van der Waals surface area contributed by atoms with Crippen molar-refractivity contribution in [1.82, 2.24) is 15.3 Å². The lowest BCUT2D eigenvalue weighted by molar-refractivity contribution is 0.0697. The third-order valence-electron chi connectivity index (χ3n) is 2.50. The minimum atomic E-state index is -1.21. The van der Waals surface area contributed by atoms with Gasteiger partial charge in [0.05, 0.1) is 12.6 Å². The van der Waals surface area contributed by atoms with Crippen molar-refractivity contribution in [2.24, 2.45) is 0 Å². The van der Waals surface area contributed by atoms with Crippen LogP contribution in [0.5, 0.6) is 0 Å². The zero-order chi connectivity index (χ0) is 13.3. The average Bonchev–Trinajstić information content (AvgIpc) is 2.70. The molecule has 8 nitrogen and oxygen atoms in total. The van der Waals surface area contributed by atoms with Gasteiger partial charge < -0.3 is 16.2 Å². The summed E-state index contributed by atoms with van der Waals surface area (Å²) < 4.78 is 0. The maximum atomic E-state index is 11.6. The molecule has 2 amide bonds. The first-order valence-electron chi connectivity index (χ1n) is 5.09. The topological polar surface area (TPSA) is 121 Å². The monoisotopic (exact) mass is 249 g/mol. The number of nitrogens with zero attached hydrogens (tertiary/aromatic N) is 3. The molecule has 2 rings (SSSR count). The summed E-state index contributed by atoms with van der Waals surface area (Å²) >= 11 is 0. The number of hydrogen-bond donors (Lipinski definition) is 3. The van der Waals surface area contributed by atoms with Crippen LogP contribution in [0.3, 0.4) is 0 Å². The molecule has 1 aromatic heterocycles. The lowest BCUT2D eigenvalue weighted by atomic mass is 10.3. The Morgan fingerprint density at radius 3 is 2.94 bits per heavy atom. The molecule has 0 aliphatic carbocycles. The molecule has 1 fully saturated rings. The van der Waals surface area contributed by atoms with Gasteiger partial charge >= 0.3 is 12.0 Å². The van der Waals surface area contributed by atoms with Crippen LogP contribution >= 0.6 is 0 Å². The molecule has 1 aliphatic heterocycles. The molecule has 1 aromatic rings. The van der Waals surface area contributed by atoms with E-state index in [0.29, 0.717) is 6.54 Å². The predicted octanol–water partition coefficient (Wildman–Crippen LogP) is -0.159. The minimum Gasteiger partial charge on any atom is -0.477 e. The SMILES string of the molecule is C=CC1CN(c2ncc(C(=O)O)c(N)n2)C(=O)N1. The number of nitrogens with one attached hydrogen (secondary N) is 1. The van der Waals surface area contributed by atoms with E-state index in [1.54, 1.807) is 6.08 Å². The molecule has 8 heteroatoms. The molecule has 0 radical (unpaired) electrons. The van der Waals surface area contributed by atoms with Crippen LogP contribution in [0, 0.1) is 0 Å². The lowest BCUT2D eigenvalue weighted by Gasteiger charge is -2.12. The van der Waals surface area contributed by atoms with Gasteiger partial charge in [0.15, 0.2) is 0 Å². The van der Waals surface area contributed by atoms with Crippen molar-refractivity contribution in [3.05, 3.63) is 24.4 Å². The maximum Gasteiger partial charge on any atom is 0.341 e. The predicted molar refractivity (Wildman–Crippen MR) is 63.3 cm³/mol. The summed E-state index contributed by atoms with van der Waals surface area (Å²) in [6.45, 7) is 3.90. The van der Waals surface area contributed by atoms with Crippen molar-refractivity contribution >= 4 is 23.8 Å². The molecular formula is C10H11N5O3. The van der Waals surface area contributed by atoms with E-state index in [-0.39, 0.29) is 29.4 Å². The van der Waals surface area contributed by atoms with Gasteiger partial charge in [0.1, 0.15) is 11.4 Å². The van der Waals surface area contributed by atoms with Crippen molar-refractivity contribution in [2.45, 2.75) is 6.04 Å². The molecule has 18 heavy (non-hydrogen) atoms. The number of anilines is 2. The van der Waals surface area contributed by atoms with Crippen LogP contribution in [-0.4, -0.2) is 39.7 Å². The van der Waals surface area contributed by atoms with E-state index < -0.39 is 5.97 Å². The molecule has 1 saturated heterocycles. The Bertz CT molecular complexity index is 530. The Kier molecular flexibility index (Phi) is 2.84. The fourth-order valence-corrected chi connectivity index (χ4v) is 1.55. The van der Waals surface area contributed by atoms with Crippen molar-refractivity contribution < 1.29 is 14.7 Å². The van der Waals surface area contributed by atoms with E-state index in [1.807, 2.05) is 0 Å². The van der Waals surface area contributed by atoms with E-state index in [2.05, 4.69) is 21.9 Å². The summed E-state index contributed by atoms with van der Waals surface area (Å²) in [5, 5.41) is 11.4. The second kappa shape index (κ2) is 4.32. The number of aromatic carboxylic acids is 1. The number of carbonyl (C=O) groups is 2. The van der Waals surface area contributed by atoms with Crippen molar-refractivity contribution in [3.63, 3.8) is 0 Å². The number of rotatable bonds is 3. The second-order valence-electron chi connectivity index (χ2n) is 3.68. The number of carboxylic acids is 1. The summed E-state index contributed by atoms with van der Waals surface area (Å²) in [6, 6.07) is -0.566. The number of amides is 2. The fraction of sp³-hybridized carbons (Fsp3) is 0.200. The van der Waals surface area contributed by atoms with Gasteiger partial charge in [0.25, 0.3) is 0 Å². The van der Waals surface area contributed by atoms with E-state index in [0.717, 1.165) is 6.20 Å². The first-order valence-corrected chi connectivity index (χ1v) is 5.09. The summed E-state index contributed by atoms with van der Waals surface area (Å²) in [5.41, 5.74) is 5.30. The molecule has 0 saturated carbocycles. The van der Waals surface area contributed by atoms with Crippen molar-refractivity contribution in [2.75, 3.05) is 17.2 Å². The zero-order valence-corrected chi connectivity index (χ0v) is 9.33. The molecule has 0 aromatic carbocycles. The Balaban J connectivity index is 2.30. The van der Waals surface area contributed by atoms with Crippen LogP contribution in [0.1, 0.15) is 10.4 Å². The third-order valence-corrected chi connectivity index (χ3v) is 2.50. The Labute approximate surface area is 102 Å². The number of hydrogen-bond acceptors (Lipinski definition) is 5. The smallest absolute Gasteiger partial charge is 0.341 e. The first-order chi connectivity index (χ1) is 8.52. The van der Waals surface area contributed by atoms with Gasteiger partial charge in [-0.3, -0.25) is 4.90 Å². The largest absolute Gasteiger partial charge is 0.477 e. The molecule has 94 valence electrons. The highest BCUT2D eigenvalue weighted by Gasteiger charge is 2.30. The number of urea groups is 1. The van der Waals surface area contributed by atoms with Gasteiger partial charge in [-0.25, -0.2) is 14.6 Å². The number of aromatic nitrogens is 2. The quantitative estimate of drug-likeness (QED) is 0.640. The van der Waals surface area contributed by atoms with Crippen LogP contribution in [0.2, 0.25) is 0 Å². The Morgan fingerprint density at radius 1 is 1.72 bits per heavy atom. The number of carbonyl (C=O) groups excluding carboxylic acids is 1. The van der Waals surface area contributed by atoms with Crippen LogP contribution in [0.4, 0.5) is 16.6 Å². The van der Waals surface area contributed by atoms with Crippen LogP contribution in [0.15, 0.2) is 18.9 Å². The zero-order valence-electron chi connectivity index (χ0n) is 9.33. The molecule has 0 bridgehead atoms. The normalized spacial score (nSPS) is 18.6. The van der Waals surface area contributed by atoms with Crippen LogP contribution < -0.4 is 16.0 Å². The van der Waals surface area contributed by atoms with Gasteiger partial charge in [-0.2, -0.15) is 4.98 Å². The van der Waals surface area contributed by atoms with Gasteiger partial charge in [0, 0.05) is 6.20 Å². The first kappa shape index (κ1) is 11.8. The van der Waals surface area contributed by atoms with E-state index >= 15 is 0 Å². The number of nitrogen functional groups attached to an aromatic ring is 1. The Morgan fingerprint density at radius 2 is 2.44 bits per heavy atom. The van der Waals surface area contributed by atoms with E-state index in [4.69, 9.17) is 10.8 Å². The van der Waals surface area contributed by atoms with Gasteiger partial charge in [-0.15, -0.1) is 6.58 Å².